The molecule has 0 fully saturated rings. The Morgan fingerprint density at radius 1 is 0.409 bits per heavy atom. The molecule has 22 heavy (non-hydrogen) atoms. The molecule has 3 aromatic carbocycles. The van der Waals surface area contributed by atoms with Gasteiger partial charge in [0.15, 0.2) is 0 Å². The minimum Gasteiger partial charge on any atom is -0.0696 e. The first-order valence-corrected chi connectivity index (χ1v) is 7.39. The highest BCUT2D eigenvalue weighted by molar-refractivity contribution is 5.90. The van der Waals surface area contributed by atoms with Crippen molar-refractivity contribution in [3.8, 4) is 22.3 Å². The average Bonchev–Trinajstić information content (AvgIpc) is 2.59. The largest absolute Gasteiger partial charge is 0.0696 e. The molecular weight excluding hydrogens is 264 g/mol. The van der Waals surface area contributed by atoms with Crippen LogP contribution in [-0.2, 0) is 0 Å². The fraction of sp³-hybridized carbons (Fsp3) is 0. The Morgan fingerprint density at radius 2 is 0.773 bits per heavy atom. The van der Waals surface area contributed by atoms with E-state index in [1.165, 1.54) is 22.3 Å². The molecule has 0 saturated heterocycles. The molecule has 4 rings (SSSR count). The highest BCUT2D eigenvalue weighted by Gasteiger charge is 2.11. The van der Waals surface area contributed by atoms with Crippen LogP contribution in [0, 0.1) is 0 Å². The predicted octanol–water partition coefficient (Wildman–Crippen LogP) is 5.81. The van der Waals surface area contributed by atoms with E-state index in [1.807, 2.05) is 12.2 Å². The molecule has 0 unspecified atom stereocenters. The van der Waals surface area contributed by atoms with Crippen LogP contribution in [0.15, 0.2) is 84.3 Å². The molecule has 0 aliphatic heterocycles. The van der Waals surface area contributed by atoms with Crippen LogP contribution in [-0.4, -0.2) is 0 Å². The Labute approximate surface area is 130 Å². The van der Waals surface area contributed by atoms with Crippen LogP contribution in [0.5, 0.6) is 0 Å². The first-order valence-electron chi connectivity index (χ1n) is 7.39. The van der Waals surface area contributed by atoms with Gasteiger partial charge >= 0.3 is 0 Å². The predicted molar refractivity (Wildman–Crippen MR) is 93.3 cm³/mol. The number of rotatable bonds is 0. The zero-order chi connectivity index (χ0) is 14.8. The molecule has 0 heterocycles. The summed E-state index contributed by atoms with van der Waals surface area (Å²) in [6.07, 6.45) is 3.99. The summed E-state index contributed by atoms with van der Waals surface area (Å²) in [5.74, 6) is 0. The summed E-state index contributed by atoms with van der Waals surface area (Å²) in [5, 5.41) is 0. The van der Waals surface area contributed by atoms with Gasteiger partial charge in [-0.15, -0.1) is 0 Å². The van der Waals surface area contributed by atoms with E-state index in [1.54, 1.807) is 0 Å². The molecule has 0 bridgehead atoms. The Hall–Kier alpha value is -3.04. The van der Waals surface area contributed by atoms with Crippen LogP contribution < -0.4 is 0 Å². The zero-order valence-corrected chi connectivity index (χ0v) is 12.1. The highest BCUT2D eigenvalue weighted by Crippen LogP contribution is 2.36. The zero-order valence-electron chi connectivity index (χ0n) is 12.1. The van der Waals surface area contributed by atoms with Crippen LogP contribution in [0.25, 0.3) is 34.4 Å². The summed E-state index contributed by atoms with van der Waals surface area (Å²) in [7, 11) is 0. The van der Waals surface area contributed by atoms with Gasteiger partial charge in [-0.25, -0.2) is 0 Å². The van der Waals surface area contributed by atoms with Gasteiger partial charge < -0.3 is 0 Å². The minimum atomic E-state index is 1.16. The number of benzene rings is 3. The molecule has 1 aliphatic carbocycles. The summed E-state index contributed by atoms with van der Waals surface area (Å²) in [4.78, 5) is 0. The normalized spacial score (nSPS) is 11.5. The summed E-state index contributed by atoms with van der Waals surface area (Å²) < 4.78 is 0. The Kier molecular flexibility index (Phi) is 3.11. The maximum atomic E-state index is 3.15. The average molecular weight is 278 g/mol. The monoisotopic (exact) mass is 278 g/mol. The van der Waals surface area contributed by atoms with Gasteiger partial charge in [-0.1, -0.05) is 84.3 Å². The third-order valence-corrected chi connectivity index (χ3v) is 3.97. The SMILES string of the molecule is C1=C=Cc2ccccc2-c2ccccc2-c2ccccc2C=1. The van der Waals surface area contributed by atoms with E-state index in [4.69, 9.17) is 0 Å². The van der Waals surface area contributed by atoms with E-state index in [0.717, 1.165) is 11.1 Å². The third-order valence-electron chi connectivity index (χ3n) is 3.97. The van der Waals surface area contributed by atoms with Crippen molar-refractivity contribution < 1.29 is 0 Å². The highest BCUT2D eigenvalue weighted by atomic mass is 14.1. The van der Waals surface area contributed by atoms with Crippen molar-refractivity contribution in [2.75, 3.05) is 0 Å². The molecule has 0 atom stereocenters. The molecular formula is C22H14. The smallest absolute Gasteiger partial charge is 0.00365 e. The van der Waals surface area contributed by atoms with Crippen molar-refractivity contribution in [3.05, 3.63) is 95.4 Å². The van der Waals surface area contributed by atoms with E-state index in [9.17, 15) is 0 Å². The van der Waals surface area contributed by atoms with E-state index < -0.39 is 0 Å². The van der Waals surface area contributed by atoms with Crippen molar-refractivity contribution in [1.29, 1.82) is 0 Å². The molecule has 0 N–H and O–H groups in total. The molecule has 0 aromatic heterocycles. The van der Waals surface area contributed by atoms with Gasteiger partial charge in [0.25, 0.3) is 0 Å². The fourth-order valence-corrected chi connectivity index (χ4v) is 2.93. The number of hydrogen-bond acceptors (Lipinski definition) is 0. The van der Waals surface area contributed by atoms with Crippen molar-refractivity contribution in [2.24, 2.45) is 0 Å². The van der Waals surface area contributed by atoms with Crippen molar-refractivity contribution in [3.63, 3.8) is 0 Å². The Bertz CT molecular complexity index is 869. The maximum Gasteiger partial charge on any atom is -0.00365 e. The minimum absolute atomic E-state index is 1.16. The third kappa shape index (κ3) is 2.14. The van der Waals surface area contributed by atoms with Gasteiger partial charge in [0.05, 0.1) is 0 Å². The van der Waals surface area contributed by atoms with Gasteiger partial charge in [0.1, 0.15) is 0 Å². The standard InChI is InChI=1S/C22H14/c1-2-10-18-12-4-6-14-20(18)22-16-8-7-15-21(22)19-13-5-3-11-17(19)9-1/h3-16H. The maximum absolute atomic E-state index is 3.15. The molecule has 0 radical (unpaired) electrons. The van der Waals surface area contributed by atoms with E-state index in [2.05, 4.69) is 84.3 Å². The topological polar surface area (TPSA) is 0 Å². The lowest BCUT2D eigenvalue weighted by Crippen LogP contribution is -1.90. The molecule has 0 amide bonds. The van der Waals surface area contributed by atoms with Crippen LogP contribution in [0.3, 0.4) is 0 Å². The Morgan fingerprint density at radius 3 is 1.23 bits per heavy atom. The van der Waals surface area contributed by atoms with Gasteiger partial charge in [0.2, 0.25) is 0 Å². The number of fused-ring (bicyclic) bond motifs is 5. The van der Waals surface area contributed by atoms with Crippen LogP contribution in [0.2, 0.25) is 0 Å². The van der Waals surface area contributed by atoms with Gasteiger partial charge in [-0.2, -0.15) is 0 Å². The molecule has 0 spiro atoms. The van der Waals surface area contributed by atoms with Gasteiger partial charge in [-0.05, 0) is 45.5 Å². The van der Waals surface area contributed by atoms with Crippen LogP contribution in [0.4, 0.5) is 0 Å². The molecule has 1 aliphatic rings. The number of hydrogen-bond donors (Lipinski definition) is 0. The second kappa shape index (κ2) is 5.39. The van der Waals surface area contributed by atoms with E-state index in [-0.39, 0.29) is 0 Å². The Balaban J connectivity index is 2.16. The second-order valence-electron chi connectivity index (χ2n) is 5.30. The summed E-state index contributed by atoms with van der Waals surface area (Å²) in [6, 6.07) is 25.4. The lowest BCUT2D eigenvalue weighted by molar-refractivity contribution is 1.55. The summed E-state index contributed by atoms with van der Waals surface area (Å²) in [6.45, 7) is 0. The van der Waals surface area contributed by atoms with Gasteiger partial charge in [0, 0.05) is 0 Å². The van der Waals surface area contributed by atoms with E-state index >= 15 is 0 Å². The molecule has 102 valence electrons. The molecule has 0 nitrogen and oxygen atoms in total. The first kappa shape index (κ1) is 12.7. The first-order chi connectivity index (χ1) is 10.9. The molecule has 3 aromatic rings. The lowest BCUT2D eigenvalue weighted by Gasteiger charge is -2.14. The lowest BCUT2D eigenvalue weighted by atomic mass is 9.89. The summed E-state index contributed by atoms with van der Waals surface area (Å²) in [5.41, 5.74) is 13.6. The van der Waals surface area contributed by atoms with Crippen LogP contribution >= 0.6 is 0 Å². The fourth-order valence-electron chi connectivity index (χ4n) is 2.93. The summed E-state index contributed by atoms with van der Waals surface area (Å²) >= 11 is 0. The van der Waals surface area contributed by atoms with Crippen molar-refractivity contribution >= 4 is 12.2 Å². The molecule has 0 heteroatoms. The van der Waals surface area contributed by atoms with E-state index in [0.29, 0.717) is 0 Å². The van der Waals surface area contributed by atoms with Gasteiger partial charge in [-0.3, -0.25) is 0 Å². The van der Waals surface area contributed by atoms with Crippen molar-refractivity contribution in [1.82, 2.24) is 0 Å². The quantitative estimate of drug-likeness (QED) is 0.356. The van der Waals surface area contributed by atoms with Crippen LogP contribution in [0.1, 0.15) is 11.1 Å². The van der Waals surface area contributed by atoms with Crippen molar-refractivity contribution in [2.45, 2.75) is 0 Å². The molecule has 0 saturated carbocycles. The second-order valence-corrected chi connectivity index (χ2v) is 5.30.